The summed E-state index contributed by atoms with van der Waals surface area (Å²) in [7, 11) is 1.62. The van der Waals surface area contributed by atoms with Crippen LogP contribution in [0.25, 0.3) is 0 Å². The third-order valence-electron chi connectivity index (χ3n) is 2.14. The highest BCUT2D eigenvalue weighted by Gasteiger charge is 2.04. The fourth-order valence-corrected chi connectivity index (χ4v) is 1.33. The van der Waals surface area contributed by atoms with Crippen molar-refractivity contribution in [2.45, 2.75) is 6.04 Å². The Morgan fingerprint density at radius 3 is 2.69 bits per heavy atom. The van der Waals surface area contributed by atoms with Crippen LogP contribution in [0.5, 0.6) is 5.75 Å². The topological polar surface area (TPSA) is 50.7 Å². The van der Waals surface area contributed by atoms with Crippen LogP contribution in [0.4, 0.5) is 0 Å². The van der Waals surface area contributed by atoms with E-state index in [0.29, 0.717) is 19.8 Å². The SMILES string of the molecule is COCC(CO)NCCOc1ccccc1. The Balaban J connectivity index is 2.11. The number of nitrogens with one attached hydrogen (secondary N) is 1. The molecule has 0 radical (unpaired) electrons. The molecule has 1 atom stereocenters. The van der Waals surface area contributed by atoms with Crippen molar-refractivity contribution in [2.24, 2.45) is 0 Å². The smallest absolute Gasteiger partial charge is 0.119 e. The number of aliphatic hydroxyl groups is 1. The van der Waals surface area contributed by atoms with E-state index in [1.165, 1.54) is 0 Å². The molecule has 2 N–H and O–H groups in total. The Kier molecular flexibility index (Phi) is 6.56. The summed E-state index contributed by atoms with van der Waals surface area (Å²) in [6.45, 7) is 1.83. The van der Waals surface area contributed by atoms with Crippen LogP contribution in [-0.2, 0) is 4.74 Å². The quantitative estimate of drug-likeness (QED) is 0.638. The van der Waals surface area contributed by atoms with Crippen LogP contribution in [-0.4, -0.2) is 44.6 Å². The molecule has 4 nitrogen and oxygen atoms in total. The van der Waals surface area contributed by atoms with Gasteiger partial charge < -0.3 is 19.9 Å². The highest BCUT2D eigenvalue weighted by atomic mass is 16.5. The fourth-order valence-electron chi connectivity index (χ4n) is 1.33. The summed E-state index contributed by atoms with van der Waals surface area (Å²) in [5.74, 6) is 0.858. The van der Waals surface area contributed by atoms with Gasteiger partial charge in [-0.15, -0.1) is 0 Å². The van der Waals surface area contributed by atoms with Crippen LogP contribution in [0.2, 0.25) is 0 Å². The van der Waals surface area contributed by atoms with Crippen molar-refractivity contribution in [3.63, 3.8) is 0 Å². The van der Waals surface area contributed by atoms with Crippen molar-refractivity contribution >= 4 is 0 Å². The summed E-state index contributed by atoms with van der Waals surface area (Å²) < 4.78 is 10.4. The van der Waals surface area contributed by atoms with Gasteiger partial charge in [-0.1, -0.05) is 18.2 Å². The lowest BCUT2D eigenvalue weighted by Gasteiger charge is -2.15. The Bertz CT molecular complexity index is 266. The van der Waals surface area contributed by atoms with Gasteiger partial charge in [-0.2, -0.15) is 0 Å². The first kappa shape index (κ1) is 13.0. The lowest BCUT2D eigenvalue weighted by Crippen LogP contribution is -2.38. The molecule has 90 valence electrons. The van der Waals surface area contributed by atoms with Crippen LogP contribution in [0.15, 0.2) is 30.3 Å². The predicted octanol–water partition coefficient (Wildman–Crippen LogP) is 0.662. The molecule has 0 saturated heterocycles. The number of benzene rings is 1. The molecule has 0 bridgehead atoms. The van der Waals surface area contributed by atoms with Crippen LogP contribution in [0, 0.1) is 0 Å². The molecule has 1 aromatic carbocycles. The molecule has 0 fully saturated rings. The van der Waals surface area contributed by atoms with Gasteiger partial charge in [0.1, 0.15) is 12.4 Å². The van der Waals surface area contributed by atoms with Crippen molar-refractivity contribution in [1.82, 2.24) is 5.32 Å². The summed E-state index contributed by atoms with van der Waals surface area (Å²) in [6.07, 6.45) is 0. The van der Waals surface area contributed by atoms with E-state index >= 15 is 0 Å². The molecule has 1 unspecified atom stereocenters. The largest absolute Gasteiger partial charge is 0.492 e. The summed E-state index contributed by atoms with van der Waals surface area (Å²) in [6, 6.07) is 9.63. The lowest BCUT2D eigenvalue weighted by molar-refractivity contribution is 0.126. The number of para-hydroxylation sites is 1. The molecular formula is C12H19NO3. The van der Waals surface area contributed by atoms with Crippen LogP contribution in [0.1, 0.15) is 0 Å². The van der Waals surface area contributed by atoms with E-state index in [4.69, 9.17) is 14.6 Å². The standard InChI is InChI=1S/C12H19NO3/c1-15-10-11(9-14)13-7-8-16-12-5-3-2-4-6-12/h2-6,11,13-14H,7-10H2,1H3. The van der Waals surface area contributed by atoms with Crippen molar-refractivity contribution in [3.8, 4) is 5.75 Å². The van der Waals surface area contributed by atoms with Gasteiger partial charge in [-0.25, -0.2) is 0 Å². The molecule has 1 aromatic rings. The first-order chi connectivity index (χ1) is 7.86. The molecule has 0 spiro atoms. The Morgan fingerprint density at radius 1 is 1.31 bits per heavy atom. The minimum Gasteiger partial charge on any atom is -0.492 e. The Labute approximate surface area is 96.2 Å². The van der Waals surface area contributed by atoms with E-state index in [1.54, 1.807) is 7.11 Å². The van der Waals surface area contributed by atoms with E-state index in [1.807, 2.05) is 30.3 Å². The lowest BCUT2D eigenvalue weighted by atomic mass is 10.3. The number of rotatable bonds is 8. The van der Waals surface area contributed by atoms with E-state index in [0.717, 1.165) is 5.75 Å². The van der Waals surface area contributed by atoms with Crippen molar-refractivity contribution in [2.75, 3.05) is 33.5 Å². The molecule has 4 heteroatoms. The van der Waals surface area contributed by atoms with Gasteiger partial charge in [0.2, 0.25) is 0 Å². The summed E-state index contributed by atoms with van der Waals surface area (Å²) >= 11 is 0. The zero-order chi connectivity index (χ0) is 11.6. The van der Waals surface area contributed by atoms with Gasteiger partial charge in [0.25, 0.3) is 0 Å². The second-order valence-electron chi connectivity index (χ2n) is 3.45. The second-order valence-corrected chi connectivity index (χ2v) is 3.45. The maximum Gasteiger partial charge on any atom is 0.119 e. The molecule has 0 aliphatic rings. The van der Waals surface area contributed by atoms with E-state index in [9.17, 15) is 0 Å². The van der Waals surface area contributed by atoms with Crippen molar-refractivity contribution in [1.29, 1.82) is 0 Å². The summed E-state index contributed by atoms with van der Waals surface area (Å²) in [4.78, 5) is 0. The highest BCUT2D eigenvalue weighted by molar-refractivity contribution is 5.20. The first-order valence-electron chi connectivity index (χ1n) is 5.38. The summed E-state index contributed by atoms with van der Waals surface area (Å²) in [5, 5.41) is 12.1. The Hall–Kier alpha value is -1.10. The van der Waals surface area contributed by atoms with Gasteiger partial charge in [-0.05, 0) is 12.1 Å². The van der Waals surface area contributed by atoms with Gasteiger partial charge in [0.15, 0.2) is 0 Å². The van der Waals surface area contributed by atoms with Crippen LogP contribution < -0.4 is 10.1 Å². The second kappa shape index (κ2) is 8.10. The average Bonchev–Trinajstić information content (AvgIpc) is 2.34. The number of hydrogen-bond donors (Lipinski definition) is 2. The minimum absolute atomic E-state index is 0.0237. The average molecular weight is 225 g/mol. The third-order valence-corrected chi connectivity index (χ3v) is 2.14. The van der Waals surface area contributed by atoms with Gasteiger partial charge in [0, 0.05) is 13.7 Å². The van der Waals surface area contributed by atoms with Crippen molar-refractivity contribution < 1.29 is 14.6 Å². The van der Waals surface area contributed by atoms with Gasteiger partial charge in [-0.3, -0.25) is 0 Å². The maximum absolute atomic E-state index is 8.99. The first-order valence-corrected chi connectivity index (χ1v) is 5.38. The van der Waals surface area contributed by atoms with Gasteiger partial charge in [0.05, 0.1) is 19.3 Å². The van der Waals surface area contributed by atoms with Crippen LogP contribution >= 0.6 is 0 Å². The molecule has 0 amide bonds. The zero-order valence-corrected chi connectivity index (χ0v) is 9.56. The molecule has 16 heavy (non-hydrogen) atoms. The molecule has 0 saturated carbocycles. The number of methoxy groups -OCH3 is 1. The highest BCUT2D eigenvalue weighted by Crippen LogP contribution is 2.07. The molecular weight excluding hydrogens is 206 g/mol. The zero-order valence-electron chi connectivity index (χ0n) is 9.56. The molecule has 0 aliphatic carbocycles. The molecule has 0 heterocycles. The van der Waals surface area contributed by atoms with Gasteiger partial charge >= 0.3 is 0 Å². The maximum atomic E-state index is 8.99. The number of aliphatic hydroxyl groups excluding tert-OH is 1. The molecule has 0 aromatic heterocycles. The predicted molar refractivity (Wildman–Crippen MR) is 62.7 cm³/mol. The number of ether oxygens (including phenoxy) is 2. The molecule has 1 rings (SSSR count). The van der Waals surface area contributed by atoms with E-state index in [-0.39, 0.29) is 12.6 Å². The van der Waals surface area contributed by atoms with Crippen molar-refractivity contribution in [3.05, 3.63) is 30.3 Å². The fraction of sp³-hybridized carbons (Fsp3) is 0.500. The van der Waals surface area contributed by atoms with Crippen LogP contribution in [0.3, 0.4) is 0 Å². The number of hydrogen-bond acceptors (Lipinski definition) is 4. The monoisotopic (exact) mass is 225 g/mol. The minimum atomic E-state index is -0.0237. The normalized spacial score (nSPS) is 12.4. The third kappa shape index (κ3) is 5.11. The molecule has 0 aliphatic heterocycles. The van der Waals surface area contributed by atoms with E-state index in [2.05, 4.69) is 5.32 Å². The summed E-state index contributed by atoms with van der Waals surface area (Å²) in [5.41, 5.74) is 0. The van der Waals surface area contributed by atoms with E-state index < -0.39 is 0 Å². The Morgan fingerprint density at radius 2 is 2.06 bits per heavy atom.